The van der Waals surface area contributed by atoms with Crippen molar-refractivity contribution < 1.29 is 4.74 Å². The molecule has 146 valence electrons. The van der Waals surface area contributed by atoms with Crippen molar-refractivity contribution in [3.63, 3.8) is 0 Å². The van der Waals surface area contributed by atoms with Crippen LogP contribution in [0.2, 0.25) is 0 Å². The highest BCUT2D eigenvalue weighted by molar-refractivity contribution is 5.43. The van der Waals surface area contributed by atoms with Crippen LogP contribution in [0.3, 0.4) is 0 Å². The predicted molar refractivity (Wildman–Crippen MR) is 116 cm³/mol. The van der Waals surface area contributed by atoms with Gasteiger partial charge < -0.3 is 10.1 Å². The Morgan fingerprint density at radius 2 is 1.96 bits per heavy atom. The minimum absolute atomic E-state index is 0.190. The van der Waals surface area contributed by atoms with Crippen LogP contribution in [-0.2, 0) is 4.74 Å². The van der Waals surface area contributed by atoms with E-state index in [1.165, 1.54) is 29.7 Å². The number of rotatable bonds is 3. The Morgan fingerprint density at radius 1 is 1.07 bits per heavy atom. The van der Waals surface area contributed by atoms with E-state index in [2.05, 4.69) is 79.9 Å². The third-order valence-corrected chi connectivity index (χ3v) is 6.85. The number of nitrogens with one attached hydrogen (secondary N) is 1. The molecule has 0 bridgehead atoms. The normalized spacial score (nSPS) is 36.2. The first-order valence-corrected chi connectivity index (χ1v) is 11.0. The zero-order chi connectivity index (χ0) is 19.1. The summed E-state index contributed by atoms with van der Waals surface area (Å²) in [5, 5.41) is 3.89. The fraction of sp³-hybridized carbons (Fsp3) is 0.462. The summed E-state index contributed by atoms with van der Waals surface area (Å²) in [5.74, 6) is 3.13. The van der Waals surface area contributed by atoms with Crippen LogP contribution >= 0.6 is 0 Å². The molecule has 5 atom stereocenters. The van der Waals surface area contributed by atoms with E-state index in [4.69, 9.17) is 4.74 Å². The summed E-state index contributed by atoms with van der Waals surface area (Å²) in [6.07, 6.45) is 26.7. The summed E-state index contributed by atoms with van der Waals surface area (Å²) in [4.78, 5) is 0. The molecule has 0 fully saturated rings. The molecule has 3 aliphatic carbocycles. The first-order valence-electron chi connectivity index (χ1n) is 11.0. The molecule has 2 nitrogen and oxygen atoms in total. The van der Waals surface area contributed by atoms with Gasteiger partial charge in [-0.1, -0.05) is 68.5 Å². The van der Waals surface area contributed by atoms with Crippen molar-refractivity contribution in [2.24, 2.45) is 23.7 Å². The van der Waals surface area contributed by atoms with Crippen LogP contribution in [0.1, 0.15) is 33.1 Å². The van der Waals surface area contributed by atoms with Crippen LogP contribution in [0.25, 0.3) is 0 Å². The highest BCUT2D eigenvalue weighted by Crippen LogP contribution is 2.45. The van der Waals surface area contributed by atoms with E-state index < -0.39 is 0 Å². The standard InChI is InChI=1S/C26H31NO/c1-17(2)23-15-19(16-27-25(23)18-9-4-3-5-10-18)20-12-8-13-22-21-11-6-7-14-24(21)28-26(20)22/h4,6-11,13-15,17,19-21,24-25,27H,3,5,12,16H2,1-2H3. The quantitative estimate of drug-likeness (QED) is 0.668. The van der Waals surface area contributed by atoms with Crippen LogP contribution in [-0.4, -0.2) is 18.7 Å². The fourth-order valence-corrected chi connectivity index (χ4v) is 5.39. The molecule has 0 aromatic heterocycles. The third-order valence-electron chi connectivity index (χ3n) is 6.85. The summed E-state index contributed by atoms with van der Waals surface area (Å²) in [6, 6.07) is 0.373. The highest BCUT2D eigenvalue weighted by Gasteiger charge is 2.41. The molecule has 5 unspecified atom stereocenters. The van der Waals surface area contributed by atoms with Crippen molar-refractivity contribution in [3.8, 4) is 0 Å². The van der Waals surface area contributed by atoms with Gasteiger partial charge >= 0.3 is 0 Å². The topological polar surface area (TPSA) is 21.3 Å². The van der Waals surface area contributed by atoms with Gasteiger partial charge in [0.2, 0.25) is 0 Å². The van der Waals surface area contributed by atoms with Gasteiger partial charge in [0.05, 0.1) is 6.04 Å². The molecule has 0 aromatic carbocycles. The highest BCUT2D eigenvalue weighted by atomic mass is 16.5. The molecule has 5 aliphatic rings. The first-order chi connectivity index (χ1) is 13.7. The molecular weight excluding hydrogens is 342 g/mol. The molecule has 0 amide bonds. The van der Waals surface area contributed by atoms with Crippen molar-refractivity contribution in [1.82, 2.24) is 5.32 Å². The van der Waals surface area contributed by atoms with Crippen molar-refractivity contribution in [1.29, 1.82) is 0 Å². The zero-order valence-corrected chi connectivity index (χ0v) is 17.0. The second-order valence-electron chi connectivity index (χ2n) is 8.95. The van der Waals surface area contributed by atoms with Crippen molar-refractivity contribution in [2.75, 3.05) is 6.54 Å². The first kappa shape index (κ1) is 18.0. The van der Waals surface area contributed by atoms with Crippen LogP contribution in [0.5, 0.6) is 0 Å². The van der Waals surface area contributed by atoms with Gasteiger partial charge in [-0.25, -0.2) is 0 Å². The molecule has 5 rings (SSSR count). The van der Waals surface area contributed by atoms with E-state index >= 15 is 0 Å². The lowest BCUT2D eigenvalue weighted by molar-refractivity contribution is 0.127. The smallest absolute Gasteiger partial charge is 0.127 e. The van der Waals surface area contributed by atoms with Gasteiger partial charge in [-0.3, -0.25) is 0 Å². The second kappa shape index (κ2) is 7.40. The van der Waals surface area contributed by atoms with Crippen LogP contribution in [0, 0.1) is 23.7 Å². The van der Waals surface area contributed by atoms with E-state index in [-0.39, 0.29) is 6.10 Å². The van der Waals surface area contributed by atoms with Crippen LogP contribution in [0.15, 0.2) is 83.2 Å². The Balaban J connectivity index is 1.44. The van der Waals surface area contributed by atoms with Gasteiger partial charge in [0, 0.05) is 24.0 Å². The molecule has 0 aromatic rings. The Labute approximate surface area is 169 Å². The summed E-state index contributed by atoms with van der Waals surface area (Å²) < 4.78 is 6.48. The Bertz CT molecular complexity index is 848. The fourth-order valence-electron chi connectivity index (χ4n) is 5.39. The number of hydrogen-bond donors (Lipinski definition) is 1. The van der Waals surface area contributed by atoms with E-state index in [1.807, 2.05) is 0 Å². The Morgan fingerprint density at radius 3 is 2.79 bits per heavy atom. The van der Waals surface area contributed by atoms with Crippen molar-refractivity contribution in [2.45, 2.75) is 45.3 Å². The summed E-state index contributed by atoms with van der Waals surface area (Å²) in [5.41, 5.74) is 4.40. The third kappa shape index (κ3) is 3.08. The lowest BCUT2D eigenvalue weighted by atomic mass is 9.75. The molecule has 0 radical (unpaired) electrons. The Hall–Kier alpha value is -2.06. The predicted octanol–water partition coefficient (Wildman–Crippen LogP) is 5.40. The molecule has 2 heterocycles. The number of ether oxygens (including phenoxy) is 1. The van der Waals surface area contributed by atoms with Crippen LogP contribution in [0.4, 0.5) is 0 Å². The van der Waals surface area contributed by atoms with Crippen molar-refractivity contribution in [3.05, 3.63) is 83.2 Å². The minimum Gasteiger partial charge on any atom is -0.489 e. The van der Waals surface area contributed by atoms with Crippen molar-refractivity contribution >= 4 is 0 Å². The molecular formula is C26H31NO. The summed E-state index contributed by atoms with van der Waals surface area (Å²) in [7, 11) is 0. The lowest BCUT2D eigenvalue weighted by Crippen LogP contribution is -2.43. The van der Waals surface area contributed by atoms with Gasteiger partial charge in [0.15, 0.2) is 0 Å². The number of fused-ring (bicyclic) bond motifs is 2. The van der Waals surface area contributed by atoms with Gasteiger partial charge in [-0.05, 0) is 48.3 Å². The average Bonchev–Trinajstić information content (AvgIpc) is 3.13. The average molecular weight is 374 g/mol. The van der Waals surface area contributed by atoms with E-state index in [9.17, 15) is 0 Å². The minimum atomic E-state index is 0.190. The molecule has 0 saturated heterocycles. The summed E-state index contributed by atoms with van der Waals surface area (Å²) >= 11 is 0. The number of hydrogen-bond acceptors (Lipinski definition) is 2. The molecule has 0 saturated carbocycles. The van der Waals surface area contributed by atoms with Gasteiger partial charge in [0.25, 0.3) is 0 Å². The van der Waals surface area contributed by atoms with Gasteiger partial charge in [-0.15, -0.1) is 0 Å². The zero-order valence-electron chi connectivity index (χ0n) is 17.0. The maximum atomic E-state index is 6.48. The molecule has 0 spiro atoms. The van der Waals surface area contributed by atoms with Gasteiger partial charge in [0.1, 0.15) is 11.9 Å². The molecule has 1 N–H and O–H groups in total. The second-order valence-corrected chi connectivity index (χ2v) is 8.95. The molecule has 2 aliphatic heterocycles. The monoisotopic (exact) mass is 373 g/mol. The Kier molecular flexibility index (Phi) is 4.76. The number of allylic oxidation sites excluding steroid dienone is 7. The molecule has 2 heteroatoms. The van der Waals surface area contributed by atoms with Crippen LogP contribution < -0.4 is 5.32 Å². The summed E-state index contributed by atoms with van der Waals surface area (Å²) in [6.45, 7) is 5.68. The van der Waals surface area contributed by atoms with E-state index in [0.717, 1.165) is 13.0 Å². The molecule has 28 heavy (non-hydrogen) atoms. The van der Waals surface area contributed by atoms with Gasteiger partial charge in [-0.2, -0.15) is 0 Å². The largest absolute Gasteiger partial charge is 0.489 e. The maximum Gasteiger partial charge on any atom is 0.127 e. The van der Waals surface area contributed by atoms with E-state index in [1.54, 1.807) is 5.57 Å². The maximum absolute atomic E-state index is 6.48. The SMILES string of the molecule is CC(C)C1=CC(C2CC=CC3=C2OC2C=CC=CC32)CNC1C1=CCCC=C1. The van der Waals surface area contributed by atoms with E-state index in [0.29, 0.717) is 29.7 Å². The lowest BCUT2D eigenvalue weighted by Gasteiger charge is -2.37.